The van der Waals surface area contributed by atoms with Crippen molar-refractivity contribution in [2.24, 2.45) is 5.41 Å². The third-order valence-electron chi connectivity index (χ3n) is 2.99. The van der Waals surface area contributed by atoms with E-state index in [9.17, 15) is 4.21 Å². The summed E-state index contributed by atoms with van der Waals surface area (Å²) in [5.41, 5.74) is -0.280. The molecule has 0 saturated carbocycles. The Hall–Kier alpha value is -1.34. The van der Waals surface area contributed by atoms with Crippen LogP contribution in [0.5, 0.6) is 5.75 Å². The zero-order valence-corrected chi connectivity index (χ0v) is 12.6. The van der Waals surface area contributed by atoms with E-state index < -0.39 is 10.8 Å². The van der Waals surface area contributed by atoms with Crippen molar-refractivity contribution in [1.82, 2.24) is 0 Å². The summed E-state index contributed by atoms with van der Waals surface area (Å²) in [6.45, 7) is 3.87. The van der Waals surface area contributed by atoms with Gasteiger partial charge in [0.2, 0.25) is 0 Å². The number of benzene rings is 1. The molecule has 1 unspecified atom stereocenters. The van der Waals surface area contributed by atoms with Crippen LogP contribution in [0.25, 0.3) is 0 Å². The molecule has 19 heavy (non-hydrogen) atoms. The Bertz CT molecular complexity index is 477. The van der Waals surface area contributed by atoms with Crippen molar-refractivity contribution in [2.45, 2.75) is 38.0 Å². The minimum Gasteiger partial charge on any atom is -0.497 e. The van der Waals surface area contributed by atoms with E-state index in [1.54, 1.807) is 7.11 Å². The molecular weight excluding hydrogens is 258 g/mol. The lowest BCUT2D eigenvalue weighted by atomic mass is 9.89. The van der Waals surface area contributed by atoms with Crippen molar-refractivity contribution in [2.75, 3.05) is 12.9 Å². The molecule has 0 amide bonds. The van der Waals surface area contributed by atoms with Crippen molar-refractivity contribution >= 4 is 10.8 Å². The van der Waals surface area contributed by atoms with Gasteiger partial charge in [0.25, 0.3) is 0 Å². The van der Waals surface area contributed by atoms with E-state index in [0.717, 1.165) is 29.9 Å². The third-order valence-corrected chi connectivity index (χ3v) is 4.43. The highest BCUT2D eigenvalue weighted by molar-refractivity contribution is 7.85. The molecule has 0 N–H and O–H groups in total. The second-order valence-corrected chi connectivity index (χ2v) is 6.75. The van der Waals surface area contributed by atoms with Crippen LogP contribution < -0.4 is 4.74 Å². The fraction of sp³-hybridized carbons (Fsp3) is 0.533. The monoisotopic (exact) mass is 279 g/mol. The molecule has 0 radical (unpaired) electrons. The van der Waals surface area contributed by atoms with Gasteiger partial charge in [-0.05, 0) is 44.9 Å². The van der Waals surface area contributed by atoms with E-state index in [-0.39, 0.29) is 5.41 Å². The zero-order chi connectivity index (χ0) is 14.3. The molecule has 4 heteroatoms. The molecule has 0 aliphatic carbocycles. The van der Waals surface area contributed by atoms with E-state index in [4.69, 9.17) is 10.00 Å². The van der Waals surface area contributed by atoms with Crippen molar-refractivity contribution < 1.29 is 8.95 Å². The van der Waals surface area contributed by atoms with Gasteiger partial charge in [-0.2, -0.15) is 5.26 Å². The van der Waals surface area contributed by atoms with Crippen LogP contribution >= 0.6 is 0 Å². The first-order valence-corrected chi connectivity index (χ1v) is 7.74. The first kappa shape index (κ1) is 15.7. The molecule has 0 aliphatic rings. The van der Waals surface area contributed by atoms with E-state index in [1.165, 1.54) is 0 Å². The Morgan fingerprint density at radius 1 is 1.37 bits per heavy atom. The summed E-state index contributed by atoms with van der Waals surface area (Å²) in [5, 5.41) is 8.91. The number of hydrogen-bond acceptors (Lipinski definition) is 3. The SMILES string of the molecule is COc1cccc(S(=O)CCCCC(C)(C)C#N)c1. The van der Waals surface area contributed by atoms with Gasteiger partial charge < -0.3 is 4.74 Å². The number of ether oxygens (including phenoxy) is 1. The Morgan fingerprint density at radius 3 is 2.74 bits per heavy atom. The first-order chi connectivity index (χ1) is 8.98. The van der Waals surface area contributed by atoms with Gasteiger partial charge in [0, 0.05) is 10.6 Å². The van der Waals surface area contributed by atoms with E-state index in [2.05, 4.69) is 6.07 Å². The number of methoxy groups -OCH3 is 1. The van der Waals surface area contributed by atoms with Gasteiger partial charge in [-0.25, -0.2) is 0 Å². The molecule has 1 aromatic carbocycles. The highest BCUT2D eigenvalue weighted by Gasteiger charge is 2.15. The molecule has 0 saturated heterocycles. The predicted molar refractivity (Wildman–Crippen MR) is 77.5 cm³/mol. The molecule has 1 atom stereocenters. The molecule has 3 nitrogen and oxygen atoms in total. The molecule has 0 spiro atoms. The number of nitrogens with zero attached hydrogens (tertiary/aromatic N) is 1. The Morgan fingerprint density at radius 2 is 2.11 bits per heavy atom. The average Bonchev–Trinajstić information content (AvgIpc) is 2.43. The minimum absolute atomic E-state index is 0.280. The summed E-state index contributed by atoms with van der Waals surface area (Å²) in [6.07, 6.45) is 2.64. The van der Waals surface area contributed by atoms with Gasteiger partial charge in [-0.1, -0.05) is 12.5 Å². The van der Waals surface area contributed by atoms with E-state index in [0.29, 0.717) is 5.75 Å². The molecule has 1 rings (SSSR count). The quantitative estimate of drug-likeness (QED) is 0.717. The molecule has 0 fully saturated rings. The third kappa shape index (κ3) is 5.44. The summed E-state index contributed by atoms with van der Waals surface area (Å²) in [6, 6.07) is 9.65. The smallest absolute Gasteiger partial charge is 0.120 e. The molecule has 104 valence electrons. The van der Waals surface area contributed by atoms with Gasteiger partial charge in [-0.15, -0.1) is 0 Å². The van der Waals surface area contributed by atoms with Crippen molar-refractivity contribution in [3.05, 3.63) is 24.3 Å². The lowest BCUT2D eigenvalue weighted by Gasteiger charge is -2.14. The predicted octanol–water partition coefficient (Wildman–Crippen LogP) is 3.52. The maximum absolute atomic E-state index is 12.1. The fourth-order valence-corrected chi connectivity index (χ4v) is 2.90. The van der Waals surface area contributed by atoms with E-state index in [1.807, 2.05) is 38.1 Å². The van der Waals surface area contributed by atoms with Crippen molar-refractivity contribution in [3.8, 4) is 11.8 Å². The summed E-state index contributed by atoms with van der Waals surface area (Å²) in [5.74, 6) is 1.37. The van der Waals surface area contributed by atoms with Crippen LogP contribution in [0.2, 0.25) is 0 Å². The summed E-state index contributed by atoms with van der Waals surface area (Å²) >= 11 is 0. The topological polar surface area (TPSA) is 50.1 Å². The van der Waals surface area contributed by atoms with Crippen LogP contribution in [0.3, 0.4) is 0 Å². The number of hydrogen-bond donors (Lipinski definition) is 0. The second kappa shape index (κ2) is 7.30. The van der Waals surface area contributed by atoms with Gasteiger partial charge in [0.1, 0.15) is 5.75 Å². The molecule has 1 aromatic rings. The minimum atomic E-state index is -0.988. The van der Waals surface area contributed by atoms with Crippen LogP contribution in [0.15, 0.2) is 29.2 Å². The maximum atomic E-state index is 12.1. The molecular formula is C15H21NO2S. The van der Waals surface area contributed by atoms with Gasteiger partial charge in [0.05, 0.1) is 29.4 Å². The highest BCUT2D eigenvalue weighted by Crippen LogP contribution is 2.22. The van der Waals surface area contributed by atoms with Crippen molar-refractivity contribution in [3.63, 3.8) is 0 Å². The second-order valence-electron chi connectivity index (χ2n) is 5.18. The summed E-state index contributed by atoms with van der Waals surface area (Å²) in [7, 11) is 0.615. The number of nitriles is 1. The average molecular weight is 279 g/mol. The van der Waals surface area contributed by atoms with E-state index >= 15 is 0 Å². The fourth-order valence-electron chi connectivity index (χ4n) is 1.72. The Kier molecular flexibility index (Phi) is 6.04. The summed E-state index contributed by atoms with van der Waals surface area (Å²) < 4.78 is 17.2. The van der Waals surface area contributed by atoms with Gasteiger partial charge in [-0.3, -0.25) is 4.21 Å². The van der Waals surface area contributed by atoms with Crippen LogP contribution in [-0.2, 0) is 10.8 Å². The largest absolute Gasteiger partial charge is 0.497 e. The standard InChI is InChI=1S/C15H21NO2S/c1-15(2,12-16)9-4-5-10-19(17)14-8-6-7-13(11-14)18-3/h6-8,11H,4-5,9-10H2,1-3H3. The van der Waals surface area contributed by atoms with Gasteiger partial charge in [0.15, 0.2) is 0 Å². The molecule has 0 aliphatic heterocycles. The number of unbranched alkanes of at least 4 members (excludes halogenated alkanes) is 1. The lowest BCUT2D eigenvalue weighted by molar-refractivity contribution is 0.413. The zero-order valence-electron chi connectivity index (χ0n) is 11.8. The Labute approximate surface area is 118 Å². The van der Waals surface area contributed by atoms with Crippen LogP contribution in [0.1, 0.15) is 33.1 Å². The first-order valence-electron chi connectivity index (χ1n) is 6.42. The lowest BCUT2D eigenvalue weighted by Crippen LogP contribution is -2.08. The number of rotatable bonds is 7. The normalized spacial score (nSPS) is 12.7. The molecule has 0 bridgehead atoms. The maximum Gasteiger partial charge on any atom is 0.120 e. The Balaban J connectivity index is 2.42. The molecule has 0 aromatic heterocycles. The van der Waals surface area contributed by atoms with Crippen LogP contribution in [0.4, 0.5) is 0 Å². The summed E-state index contributed by atoms with van der Waals surface area (Å²) in [4.78, 5) is 0.805. The molecule has 0 heterocycles. The van der Waals surface area contributed by atoms with Crippen molar-refractivity contribution in [1.29, 1.82) is 5.26 Å². The van der Waals surface area contributed by atoms with Gasteiger partial charge >= 0.3 is 0 Å². The van der Waals surface area contributed by atoms with Crippen LogP contribution in [0, 0.1) is 16.7 Å². The highest BCUT2D eigenvalue weighted by atomic mass is 32.2. The van der Waals surface area contributed by atoms with Crippen LogP contribution in [-0.4, -0.2) is 17.1 Å².